The summed E-state index contributed by atoms with van der Waals surface area (Å²) in [6.45, 7) is 4.92. The molecule has 0 saturated heterocycles. The summed E-state index contributed by atoms with van der Waals surface area (Å²) < 4.78 is 0. The third-order valence-corrected chi connectivity index (χ3v) is 2.59. The molecule has 0 saturated carbocycles. The summed E-state index contributed by atoms with van der Waals surface area (Å²) in [5.74, 6) is 0.460. The van der Waals surface area contributed by atoms with E-state index in [1.807, 2.05) is 0 Å². The van der Waals surface area contributed by atoms with Crippen LogP contribution in [0.5, 0.6) is 0 Å². The molecule has 0 aliphatic heterocycles. The summed E-state index contributed by atoms with van der Waals surface area (Å²) in [4.78, 5) is 24.2. The smallest absolute Gasteiger partial charge is 0.252 e. The van der Waals surface area contributed by atoms with Crippen molar-refractivity contribution in [3.05, 3.63) is 30.2 Å². The van der Waals surface area contributed by atoms with Crippen LogP contribution in [-0.2, 0) is 0 Å². The van der Waals surface area contributed by atoms with Crippen LogP contribution in [0, 0.1) is 5.92 Å². The van der Waals surface area contributed by atoms with Gasteiger partial charge in [-0.05, 0) is 18.4 Å². The second-order valence-electron chi connectivity index (χ2n) is 4.56. The predicted octanol–water partition coefficient (Wildman–Crippen LogP) is 1.80. The molecule has 1 N–H and O–H groups in total. The number of carbonyl (C=O) groups is 1. The lowest BCUT2D eigenvalue weighted by Gasteiger charge is -2.07. The van der Waals surface area contributed by atoms with Gasteiger partial charge < -0.3 is 5.32 Å². The monoisotopic (exact) mass is 244 g/mol. The average Bonchev–Trinajstić information content (AvgIpc) is 2.37. The number of carbonyl (C=O) groups excluding carboxylic acids is 1. The molecule has 0 unspecified atom stereocenters. The molecule has 0 fully saturated rings. The van der Waals surface area contributed by atoms with Gasteiger partial charge in [-0.25, -0.2) is 9.97 Å². The molecule has 2 heterocycles. The fourth-order valence-corrected chi connectivity index (χ4v) is 1.56. The topological polar surface area (TPSA) is 67.8 Å². The maximum atomic E-state index is 11.9. The highest BCUT2D eigenvalue weighted by atomic mass is 16.1. The fourth-order valence-electron chi connectivity index (χ4n) is 1.56. The number of pyridine rings is 1. The molecule has 1 amide bonds. The summed E-state index contributed by atoms with van der Waals surface area (Å²) in [6.07, 6.45) is 5.66. The van der Waals surface area contributed by atoms with Gasteiger partial charge in [0.25, 0.3) is 5.91 Å². The van der Waals surface area contributed by atoms with Crippen molar-refractivity contribution in [2.75, 3.05) is 6.54 Å². The van der Waals surface area contributed by atoms with Crippen LogP contribution in [0.1, 0.15) is 30.6 Å². The van der Waals surface area contributed by atoms with Gasteiger partial charge in [-0.3, -0.25) is 9.78 Å². The lowest BCUT2D eigenvalue weighted by atomic mass is 10.1. The van der Waals surface area contributed by atoms with E-state index >= 15 is 0 Å². The van der Waals surface area contributed by atoms with Crippen LogP contribution in [0.3, 0.4) is 0 Å². The Kier molecular flexibility index (Phi) is 3.82. The molecule has 2 rings (SSSR count). The minimum atomic E-state index is -0.115. The molecule has 0 aliphatic rings. The summed E-state index contributed by atoms with van der Waals surface area (Å²) in [5.41, 5.74) is 1.71. The van der Waals surface area contributed by atoms with Crippen molar-refractivity contribution in [1.29, 1.82) is 0 Å². The quantitative estimate of drug-likeness (QED) is 0.890. The lowest BCUT2D eigenvalue weighted by Crippen LogP contribution is -2.25. The molecule has 2 aromatic heterocycles. The highest BCUT2D eigenvalue weighted by molar-refractivity contribution is 5.96. The number of rotatable bonds is 4. The van der Waals surface area contributed by atoms with E-state index in [9.17, 15) is 4.79 Å². The second kappa shape index (κ2) is 5.53. The van der Waals surface area contributed by atoms with E-state index in [1.54, 1.807) is 18.5 Å². The molecule has 18 heavy (non-hydrogen) atoms. The largest absolute Gasteiger partial charge is 0.352 e. The number of amides is 1. The zero-order valence-electron chi connectivity index (χ0n) is 10.6. The van der Waals surface area contributed by atoms with Crippen molar-refractivity contribution in [3.8, 4) is 0 Å². The maximum Gasteiger partial charge on any atom is 0.252 e. The van der Waals surface area contributed by atoms with Gasteiger partial charge in [-0.1, -0.05) is 13.8 Å². The SMILES string of the molecule is CC(C)CCNC(=O)c1cnc2nccnc2c1. The third kappa shape index (κ3) is 3.00. The molecule has 0 spiro atoms. The van der Waals surface area contributed by atoms with Gasteiger partial charge >= 0.3 is 0 Å². The number of fused-ring (bicyclic) bond motifs is 1. The number of nitrogens with zero attached hydrogens (tertiary/aromatic N) is 3. The molecule has 94 valence electrons. The Morgan fingerprint density at radius 3 is 2.83 bits per heavy atom. The van der Waals surface area contributed by atoms with E-state index in [0.717, 1.165) is 6.42 Å². The first kappa shape index (κ1) is 12.4. The van der Waals surface area contributed by atoms with Crippen LogP contribution in [0.2, 0.25) is 0 Å². The molecule has 5 nitrogen and oxygen atoms in total. The first-order chi connectivity index (χ1) is 8.66. The second-order valence-corrected chi connectivity index (χ2v) is 4.56. The number of aromatic nitrogens is 3. The van der Waals surface area contributed by atoms with E-state index in [4.69, 9.17) is 0 Å². The van der Waals surface area contributed by atoms with Gasteiger partial charge in [0.1, 0.15) is 5.52 Å². The zero-order chi connectivity index (χ0) is 13.0. The maximum absolute atomic E-state index is 11.9. The number of hydrogen-bond donors (Lipinski definition) is 1. The molecule has 0 bridgehead atoms. The first-order valence-electron chi connectivity index (χ1n) is 6.02. The zero-order valence-corrected chi connectivity index (χ0v) is 10.6. The Bertz CT molecular complexity index is 553. The van der Waals surface area contributed by atoms with Gasteiger partial charge in [0, 0.05) is 25.1 Å². The van der Waals surface area contributed by atoms with Gasteiger partial charge in [0.05, 0.1) is 5.56 Å². The highest BCUT2D eigenvalue weighted by Gasteiger charge is 2.07. The molecular formula is C13H16N4O. The van der Waals surface area contributed by atoms with E-state index in [0.29, 0.717) is 29.2 Å². The van der Waals surface area contributed by atoms with E-state index in [-0.39, 0.29) is 5.91 Å². The predicted molar refractivity (Wildman–Crippen MR) is 69.1 cm³/mol. The van der Waals surface area contributed by atoms with Crippen LogP contribution in [0.15, 0.2) is 24.7 Å². The third-order valence-electron chi connectivity index (χ3n) is 2.59. The summed E-state index contributed by atoms with van der Waals surface area (Å²) in [5, 5.41) is 2.87. The van der Waals surface area contributed by atoms with Crippen LogP contribution < -0.4 is 5.32 Å². The molecule has 0 aromatic carbocycles. The van der Waals surface area contributed by atoms with Crippen molar-refractivity contribution in [2.45, 2.75) is 20.3 Å². The lowest BCUT2D eigenvalue weighted by molar-refractivity contribution is 0.0952. The van der Waals surface area contributed by atoms with Gasteiger partial charge in [0.2, 0.25) is 0 Å². The van der Waals surface area contributed by atoms with Crippen LogP contribution in [-0.4, -0.2) is 27.4 Å². The molecule has 5 heteroatoms. The Labute approximate surface area is 106 Å². The fraction of sp³-hybridized carbons (Fsp3) is 0.385. The minimum Gasteiger partial charge on any atom is -0.352 e. The molecule has 0 radical (unpaired) electrons. The highest BCUT2D eigenvalue weighted by Crippen LogP contribution is 2.07. The number of nitrogens with one attached hydrogen (secondary N) is 1. The van der Waals surface area contributed by atoms with Crippen LogP contribution >= 0.6 is 0 Å². The van der Waals surface area contributed by atoms with Gasteiger partial charge in [-0.2, -0.15) is 0 Å². The average molecular weight is 244 g/mol. The Morgan fingerprint density at radius 1 is 1.28 bits per heavy atom. The van der Waals surface area contributed by atoms with E-state index in [2.05, 4.69) is 34.1 Å². The Hall–Kier alpha value is -2.04. The minimum absolute atomic E-state index is 0.115. The first-order valence-corrected chi connectivity index (χ1v) is 6.02. The summed E-state index contributed by atoms with van der Waals surface area (Å²) >= 11 is 0. The van der Waals surface area contributed by atoms with Gasteiger partial charge in [-0.15, -0.1) is 0 Å². The van der Waals surface area contributed by atoms with Crippen molar-refractivity contribution < 1.29 is 4.79 Å². The van der Waals surface area contributed by atoms with Crippen molar-refractivity contribution in [2.24, 2.45) is 5.92 Å². The normalized spacial score (nSPS) is 10.8. The van der Waals surface area contributed by atoms with E-state index in [1.165, 1.54) is 6.20 Å². The molecular weight excluding hydrogens is 228 g/mol. The summed E-state index contributed by atoms with van der Waals surface area (Å²) in [7, 11) is 0. The Balaban J connectivity index is 2.08. The van der Waals surface area contributed by atoms with Crippen molar-refractivity contribution in [3.63, 3.8) is 0 Å². The van der Waals surface area contributed by atoms with Crippen molar-refractivity contribution >= 4 is 17.1 Å². The van der Waals surface area contributed by atoms with Crippen LogP contribution in [0.4, 0.5) is 0 Å². The number of hydrogen-bond acceptors (Lipinski definition) is 4. The molecule has 0 aliphatic carbocycles. The standard InChI is InChI=1S/C13H16N4O/c1-9(2)3-4-16-13(18)10-7-11-12(17-8-10)15-6-5-14-11/h5-9H,3-4H2,1-2H3,(H,16,18). The van der Waals surface area contributed by atoms with E-state index < -0.39 is 0 Å². The summed E-state index contributed by atoms with van der Waals surface area (Å²) in [6, 6.07) is 1.71. The van der Waals surface area contributed by atoms with Crippen LogP contribution in [0.25, 0.3) is 11.2 Å². The van der Waals surface area contributed by atoms with Gasteiger partial charge in [0.15, 0.2) is 5.65 Å². The van der Waals surface area contributed by atoms with Crippen molar-refractivity contribution in [1.82, 2.24) is 20.3 Å². The Morgan fingerprint density at radius 2 is 2.06 bits per heavy atom. The molecule has 0 atom stereocenters. The molecule has 2 aromatic rings.